The highest BCUT2D eigenvalue weighted by molar-refractivity contribution is 6.25. The van der Waals surface area contributed by atoms with Crippen molar-refractivity contribution in [2.24, 2.45) is 15.7 Å². The zero-order chi connectivity index (χ0) is 41.9. The van der Waals surface area contributed by atoms with Gasteiger partial charge in [-0.1, -0.05) is 176 Å². The molecule has 0 fully saturated rings. The number of nitrogens with two attached hydrogens (primary N) is 1. The standard InChI is InChI=1S/C58H43N5/c59-56(39-32-34-49-47(36-39)43-25-11-14-28-48(43)58(49,41-21-6-2-7-22-41)42-23-8-3-9-24-42)62-57(38-18-4-1-5-19-38)60-37-40-20-10-16-30-52(40)63-53-31-17-13-26-44(53)45-33-35-51-54(55(45)63)46-27-12-15-29-50(46)61-51/h1-13,15-27,29-36,61H,14,28,37H2,(H2,59,60,62). The van der Waals surface area contributed by atoms with Gasteiger partial charge >= 0.3 is 0 Å². The van der Waals surface area contributed by atoms with E-state index in [0.29, 0.717) is 18.2 Å². The highest BCUT2D eigenvalue weighted by Crippen LogP contribution is 2.57. The lowest BCUT2D eigenvalue weighted by Gasteiger charge is -2.36. The molecule has 0 saturated carbocycles. The van der Waals surface area contributed by atoms with Crippen molar-refractivity contribution in [3.63, 3.8) is 0 Å². The first kappa shape index (κ1) is 36.8. The molecule has 5 heteroatoms. The van der Waals surface area contributed by atoms with Crippen LogP contribution in [0.3, 0.4) is 0 Å². The van der Waals surface area contributed by atoms with E-state index in [-0.39, 0.29) is 0 Å². The molecular weight excluding hydrogens is 767 g/mol. The van der Waals surface area contributed by atoms with Gasteiger partial charge in [-0.15, -0.1) is 0 Å². The smallest absolute Gasteiger partial charge is 0.157 e. The first-order valence-corrected chi connectivity index (χ1v) is 21.8. The molecule has 12 rings (SSSR count). The monoisotopic (exact) mass is 809 g/mol. The maximum absolute atomic E-state index is 7.10. The van der Waals surface area contributed by atoms with Crippen LogP contribution in [0.1, 0.15) is 51.8 Å². The first-order chi connectivity index (χ1) is 31.2. The van der Waals surface area contributed by atoms with Gasteiger partial charge in [-0.3, -0.25) is 4.99 Å². The van der Waals surface area contributed by atoms with Crippen molar-refractivity contribution in [3.8, 4) is 5.69 Å². The molecule has 0 radical (unpaired) electrons. The third-order valence-electron chi connectivity index (χ3n) is 13.2. The summed E-state index contributed by atoms with van der Waals surface area (Å²) in [7, 11) is 0. The van der Waals surface area contributed by atoms with Gasteiger partial charge in [0.2, 0.25) is 0 Å². The van der Waals surface area contributed by atoms with Crippen molar-refractivity contribution < 1.29 is 0 Å². The van der Waals surface area contributed by atoms with Crippen LogP contribution in [0.25, 0.3) is 54.9 Å². The van der Waals surface area contributed by atoms with E-state index in [1.165, 1.54) is 60.5 Å². The van der Waals surface area contributed by atoms with Crippen LogP contribution in [-0.2, 0) is 12.0 Å². The van der Waals surface area contributed by atoms with E-state index in [4.69, 9.17) is 15.7 Å². The summed E-state index contributed by atoms with van der Waals surface area (Å²) in [5.41, 5.74) is 23.0. The number of para-hydroxylation sites is 3. The van der Waals surface area contributed by atoms with Crippen LogP contribution in [0, 0.1) is 0 Å². The number of rotatable bonds is 7. The number of aromatic amines is 1. The topological polar surface area (TPSA) is 71.5 Å². The average molecular weight is 810 g/mol. The number of nitrogens with one attached hydrogen (secondary N) is 1. The number of aliphatic imine (C=N–C) groups is 2. The second-order valence-corrected chi connectivity index (χ2v) is 16.6. The lowest BCUT2D eigenvalue weighted by atomic mass is 9.65. The van der Waals surface area contributed by atoms with Gasteiger partial charge in [-0.25, -0.2) is 4.99 Å². The van der Waals surface area contributed by atoms with E-state index >= 15 is 0 Å². The van der Waals surface area contributed by atoms with E-state index < -0.39 is 5.41 Å². The molecule has 63 heavy (non-hydrogen) atoms. The zero-order valence-corrected chi connectivity index (χ0v) is 34.7. The summed E-state index contributed by atoms with van der Waals surface area (Å²) in [4.78, 5) is 14.2. The van der Waals surface area contributed by atoms with Crippen molar-refractivity contribution in [2.75, 3.05) is 0 Å². The van der Waals surface area contributed by atoms with Gasteiger partial charge in [0.1, 0.15) is 5.84 Å². The lowest BCUT2D eigenvalue weighted by Crippen LogP contribution is -2.30. The third kappa shape index (κ3) is 5.77. The van der Waals surface area contributed by atoms with Crippen molar-refractivity contribution in [1.29, 1.82) is 0 Å². The normalized spacial score (nSPS) is 14.9. The molecule has 0 aliphatic heterocycles. The summed E-state index contributed by atoms with van der Waals surface area (Å²) in [6.07, 6.45) is 6.61. The van der Waals surface area contributed by atoms with E-state index in [1.807, 2.05) is 18.2 Å². The number of amidine groups is 2. The molecule has 3 N–H and O–H groups in total. The van der Waals surface area contributed by atoms with E-state index in [9.17, 15) is 0 Å². The van der Waals surface area contributed by atoms with Crippen molar-refractivity contribution >= 4 is 60.9 Å². The Morgan fingerprint density at radius 2 is 1.30 bits per heavy atom. The zero-order valence-electron chi connectivity index (χ0n) is 34.7. The van der Waals surface area contributed by atoms with Crippen LogP contribution < -0.4 is 5.73 Å². The minimum atomic E-state index is -0.400. The predicted molar refractivity (Wildman–Crippen MR) is 262 cm³/mol. The summed E-state index contributed by atoms with van der Waals surface area (Å²) in [5.74, 6) is 1.02. The Balaban J connectivity index is 0.990. The molecule has 0 amide bonds. The Morgan fingerprint density at radius 1 is 0.619 bits per heavy atom. The fraction of sp³-hybridized carbons (Fsp3) is 0.0690. The molecule has 2 heterocycles. The van der Waals surface area contributed by atoms with Gasteiger partial charge in [0, 0.05) is 43.7 Å². The second kappa shape index (κ2) is 14.9. The Hall–Kier alpha value is -8.02. The number of H-pyrrole nitrogens is 1. The molecule has 2 aliphatic rings. The van der Waals surface area contributed by atoms with Gasteiger partial charge in [-0.2, -0.15) is 0 Å². The van der Waals surface area contributed by atoms with Gasteiger partial charge < -0.3 is 15.3 Å². The molecular formula is C58H43N5. The number of hydrogen-bond acceptors (Lipinski definition) is 1. The van der Waals surface area contributed by atoms with Gasteiger partial charge in [-0.05, 0) is 82.1 Å². The number of benzene rings is 8. The number of fused-ring (bicyclic) bond motifs is 9. The fourth-order valence-corrected chi connectivity index (χ4v) is 10.5. The van der Waals surface area contributed by atoms with E-state index in [2.05, 4.69) is 198 Å². The highest BCUT2D eigenvalue weighted by Gasteiger charge is 2.47. The van der Waals surface area contributed by atoms with Crippen LogP contribution in [0.2, 0.25) is 0 Å². The van der Waals surface area contributed by atoms with Gasteiger partial charge in [0.25, 0.3) is 0 Å². The van der Waals surface area contributed by atoms with E-state index in [1.54, 1.807) is 0 Å². The molecule has 10 aromatic rings. The Kier molecular flexibility index (Phi) is 8.68. The Labute approximate surface area is 365 Å². The molecule has 2 aromatic heterocycles. The number of aromatic nitrogens is 2. The Morgan fingerprint density at radius 3 is 2.10 bits per heavy atom. The molecule has 0 bridgehead atoms. The SMILES string of the molecule is N/C(=N\C(=N/Cc1ccccc1-n1c2ccccc2c2ccc3[nH]c4ccccc4c3c21)c1ccccc1)c1ccc2c(c1)C1=C(CCC=C1)C2(c1ccccc1)c1ccccc1. The van der Waals surface area contributed by atoms with Crippen molar-refractivity contribution in [1.82, 2.24) is 9.55 Å². The van der Waals surface area contributed by atoms with Crippen LogP contribution in [0.5, 0.6) is 0 Å². The van der Waals surface area contributed by atoms with Crippen LogP contribution in [-0.4, -0.2) is 21.2 Å². The summed E-state index contributed by atoms with van der Waals surface area (Å²) in [6, 6.07) is 69.2. The largest absolute Gasteiger partial charge is 0.383 e. The molecule has 0 unspecified atom stereocenters. The highest BCUT2D eigenvalue weighted by atomic mass is 15.0. The quantitative estimate of drug-likeness (QED) is 0.122. The number of nitrogens with zero attached hydrogens (tertiary/aromatic N) is 3. The lowest BCUT2D eigenvalue weighted by molar-refractivity contribution is 0.696. The molecule has 5 nitrogen and oxygen atoms in total. The molecule has 0 atom stereocenters. The number of allylic oxidation sites excluding steroid dienone is 4. The van der Waals surface area contributed by atoms with Crippen LogP contribution >= 0.6 is 0 Å². The van der Waals surface area contributed by atoms with Crippen molar-refractivity contribution in [3.05, 3.63) is 251 Å². The van der Waals surface area contributed by atoms with Gasteiger partial charge in [0.15, 0.2) is 5.84 Å². The maximum atomic E-state index is 7.10. The minimum absolute atomic E-state index is 0.400. The molecule has 0 spiro atoms. The van der Waals surface area contributed by atoms with E-state index in [0.717, 1.165) is 51.8 Å². The average Bonchev–Trinajstić information content (AvgIpc) is 4.00. The Bertz CT molecular complexity index is 3490. The second-order valence-electron chi connectivity index (χ2n) is 16.6. The minimum Gasteiger partial charge on any atom is -0.383 e. The first-order valence-electron chi connectivity index (χ1n) is 21.8. The summed E-state index contributed by atoms with van der Waals surface area (Å²) in [6.45, 7) is 0.400. The third-order valence-corrected chi connectivity index (χ3v) is 13.2. The van der Waals surface area contributed by atoms with Crippen molar-refractivity contribution in [2.45, 2.75) is 24.8 Å². The summed E-state index contributed by atoms with van der Waals surface area (Å²) in [5, 5.41) is 4.85. The molecule has 0 saturated heterocycles. The fourth-order valence-electron chi connectivity index (χ4n) is 10.5. The molecule has 8 aromatic carbocycles. The summed E-state index contributed by atoms with van der Waals surface area (Å²) >= 11 is 0. The number of hydrogen-bond donors (Lipinski definition) is 2. The van der Waals surface area contributed by atoms with Gasteiger partial charge in [0.05, 0.1) is 28.7 Å². The van der Waals surface area contributed by atoms with Crippen LogP contribution in [0.4, 0.5) is 0 Å². The maximum Gasteiger partial charge on any atom is 0.157 e. The molecule has 2 aliphatic carbocycles. The predicted octanol–water partition coefficient (Wildman–Crippen LogP) is 13.2. The summed E-state index contributed by atoms with van der Waals surface area (Å²) < 4.78 is 2.43. The van der Waals surface area contributed by atoms with Crippen LogP contribution in [0.15, 0.2) is 222 Å². The molecule has 300 valence electrons.